The van der Waals surface area contributed by atoms with Crippen LogP contribution in [0.3, 0.4) is 0 Å². The zero-order valence-corrected chi connectivity index (χ0v) is 15.5. The molecule has 1 N–H and O–H groups in total. The van der Waals surface area contributed by atoms with Gasteiger partial charge in [-0.05, 0) is 61.9 Å². The number of aliphatic hydroxyl groups is 1. The number of hydrogen-bond donors (Lipinski definition) is 1. The Morgan fingerprint density at radius 2 is 1.88 bits per heavy atom. The number of aryl methyl sites for hydroxylation is 2. The molecule has 0 saturated carbocycles. The van der Waals surface area contributed by atoms with Crippen LogP contribution in [-0.4, -0.2) is 39.3 Å². The number of nitrogens with zero attached hydrogens (tertiary/aromatic N) is 4. The van der Waals surface area contributed by atoms with Crippen molar-refractivity contribution in [1.29, 1.82) is 5.26 Å². The number of hydrogen-bond acceptors (Lipinski definition) is 4. The van der Waals surface area contributed by atoms with Gasteiger partial charge in [0.05, 0.1) is 41.6 Å². The van der Waals surface area contributed by atoms with Crippen molar-refractivity contribution in [2.45, 2.75) is 33.0 Å². The fraction of sp³-hybridized carbons (Fsp3) is 0.333. The van der Waals surface area contributed by atoms with Crippen molar-refractivity contribution in [3.8, 4) is 6.07 Å². The lowest BCUT2D eigenvalue weighted by Crippen LogP contribution is -2.31. The Morgan fingerprint density at radius 3 is 2.58 bits per heavy atom. The molecule has 1 unspecified atom stereocenters. The predicted octanol–water partition coefficient (Wildman–Crippen LogP) is 3.02. The van der Waals surface area contributed by atoms with Gasteiger partial charge in [0.2, 0.25) is 0 Å². The van der Waals surface area contributed by atoms with Gasteiger partial charge in [0, 0.05) is 13.1 Å². The molecule has 5 heteroatoms. The molecule has 1 heterocycles. The molecule has 0 fully saturated rings. The van der Waals surface area contributed by atoms with Crippen molar-refractivity contribution in [3.05, 3.63) is 65.0 Å². The summed E-state index contributed by atoms with van der Waals surface area (Å²) in [5, 5.41) is 19.4. The first kappa shape index (κ1) is 18.1. The summed E-state index contributed by atoms with van der Waals surface area (Å²) in [5.74, 6) is 0. The van der Waals surface area contributed by atoms with E-state index in [2.05, 4.69) is 41.9 Å². The zero-order chi connectivity index (χ0) is 18.7. The normalized spacial score (nSPS) is 12.5. The topological polar surface area (TPSA) is 65.1 Å². The van der Waals surface area contributed by atoms with E-state index in [1.165, 1.54) is 11.1 Å². The van der Waals surface area contributed by atoms with Gasteiger partial charge < -0.3 is 9.67 Å². The lowest BCUT2D eigenvalue weighted by atomic mass is 10.1. The summed E-state index contributed by atoms with van der Waals surface area (Å²) in [4.78, 5) is 6.53. The summed E-state index contributed by atoms with van der Waals surface area (Å²) >= 11 is 0. The fourth-order valence-corrected chi connectivity index (χ4v) is 3.16. The molecule has 0 spiro atoms. The van der Waals surface area contributed by atoms with Gasteiger partial charge >= 0.3 is 0 Å². The maximum atomic E-state index is 10.5. The molecule has 0 aliphatic rings. The highest BCUT2D eigenvalue weighted by atomic mass is 16.3. The highest BCUT2D eigenvalue weighted by Crippen LogP contribution is 2.18. The second-order valence-corrected chi connectivity index (χ2v) is 6.98. The van der Waals surface area contributed by atoms with E-state index in [-0.39, 0.29) is 0 Å². The molecule has 3 rings (SSSR count). The van der Waals surface area contributed by atoms with Gasteiger partial charge in [0.15, 0.2) is 0 Å². The van der Waals surface area contributed by atoms with Crippen molar-refractivity contribution in [3.63, 3.8) is 0 Å². The van der Waals surface area contributed by atoms with Crippen LogP contribution in [0.2, 0.25) is 0 Å². The average Bonchev–Trinajstić information content (AvgIpc) is 2.97. The number of imidazole rings is 1. The number of rotatable bonds is 6. The number of aliphatic hydroxyl groups excluding tert-OH is 1. The Labute approximate surface area is 154 Å². The molecule has 0 radical (unpaired) electrons. The Hall–Kier alpha value is -2.68. The lowest BCUT2D eigenvalue weighted by molar-refractivity contribution is 0.108. The maximum Gasteiger partial charge on any atom is 0.0991 e. The van der Waals surface area contributed by atoms with Crippen LogP contribution in [0.25, 0.3) is 11.0 Å². The van der Waals surface area contributed by atoms with Crippen molar-refractivity contribution < 1.29 is 5.11 Å². The second kappa shape index (κ2) is 7.69. The first-order valence-corrected chi connectivity index (χ1v) is 8.74. The van der Waals surface area contributed by atoms with Crippen LogP contribution in [0, 0.1) is 25.2 Å². The van der Waals surface area contributed by atoms with E-state index in [0.29, 0.717) is 18.7 Å². The van der Waals surface area contributed by atoms with E-state index in [9.17, 15) is 5.11 Å². The molecule has 1 aromatic heterocycles. The van der Waals surface area contributed by atoms with Gasteiger partial charge in [-0.25, -0.2) is 4.98 Å². The van der Waals surface area contributed by atoms with Crippen LogP contribution in [-0.2, 0) is 13.1 Å². The summed E-state index contributed by atoms with van der Waals surface area (Å²) < 4.78 is 2.02. The Balaban J connectivity index is 1.62. The van der Waals surface area contributed by atoms with Crippen molar-refractivity contribution in [2.24, 2.45) is 0 Å². The summed E-state index contributed by atoms with van der Waals surface area (Å²) in [6, 6.07) is 13.9. The number of nitriles is 1. The van der Waals surface area contributed by atoms with Gasteiger partial charge in [0.1, 0.15) is 0 Å². The maximum absolute atomic E-state index is 10.5. The molecule has 0 bridgehead atoms. The molecular weight excluding hydrogens is 324 g/mol. The lowest BCUT2D eigenvalue weighted by Gasteiger charge is -2.21. The van der Waals surface area contributed by atoms with Crippen molar-refractivity contribution >= 4 is 11.0 Å². The number of fused-ring (bicyclic) bond motifs is 1. The second-order valence-electron chi connectivity index (χ2n) is 6.98. The Morgan fingerprint density at radius 1 is 1.19 bits per heavy atom. The van der Waals surface area contributed by atoms with Crippen molar-refractivity contribution in [2.75, 3.05) is 13.6 Å². The average molecular weight is 348 g/mol. The number of likely N-dealkylation sites (N-methyl/N-ethyl adjacent to an activating group) is 1. The van der Waals surface area contributed by atoms with Gasteiger partial charge in [-0.3, -0.25) is 4.90 Å². The highest BCUT2D eigenvalue weighted by Gasteiger charge is 2.12. The van der Waals surface area contributed by atoms with Gasteiger partial charge in [-0.2, -0.15) is 5.26 Å². The van der Waals surface area contributed by atoms with E-state index in [4.69, 9.17) is 5.26 Å². The number of benzene rings is 2. The largest absolute Gasteiger partial charge is 0.390 e. The molecule has 134 valence electrons. The minimum Gasteiger partial charge on any atom is -0.390 e. The molecule has 3 aromatic rings. The van der Waals surface area contributed by atoms with Crippen LogP contribution >= 0.6 is 0 Å². The van der Waals surface area contributed by atoms with E-state index >= 15 is 0 Å². The highest BCUT2D eigenvalue weighted by molar-refractivity contribution is 5.77. The monoisotopic (exact) mass is 348 g/mol. The van der Waals surface area contributed by atoms with Gasteiger partial charge in [-0.15, -0.1) is 0 Å². The van der Waals surface area contributed by atoms with Crippen LogP contribution in [0.15, 0.2) is 42.7 Å². The predicted molar refractivity (Wildman–Crippen MR) is 103 cm³/mol. The molecule has 5 nitrogen and oxygen atoms in total. The van der Waals surface area contributed by atoms with E-state index < -0.39 is 6.10 Å². The first-order valence-electron chi connectivity index (χ1n) is 8.74. The third kappa shape index (κ3) is 4.10. The van der Waals surface area contributed by atoms with E-state index in [1.54, 1.807) is 6.33 Å². The quantitative estimate of drug-likeness (QED) is 0.744. The third-order valence-corrected chi connectivity index (χ3v) is 4.70. The minimum absolute atomic E-state index is 0.489. The van der Waals surface area contributed by atoms with Crippen LogP contribution in [0.1, 0.15) is 22.3 Å². The molecule has 0 saturated heterocycles. The third-order valence-electron chi connectivity index (χ3n) is 4.70. The van der Waals surface area contributed by atoms with Crippen LogP contribution in [0.5, 0.6) is 0 Å². The Bertz CT molecular complexity index is 937. The fourth-order valence-electron chi connectivity index (χ4n) is 3.16. The van der Waals surface area contributed by atoms with Gasteiger partial charge in [-0.1, -0.05) is 12.1 Å². The SMILES string of the molecule is Cc1cc2ncn(CC(O)CN(C)Cc3ccc(C#N)cc3)c2cc1C. The standard InChI is InChI=1S/C21H24N4O/c1-15-8-20-21(9-16(15)2)25(14-23-20)13-19(26)12-24(3)11-18-6-4-17(10-22)5-7-18/h4-9,14,19,26H,11-13H2,1-3H3. The molecular formula is C21H24N4O. The van der Waals surface area contributed by atoms with Gasteiger partial charge in [0.25, 0.3) is 0 Å². The molecule has 0 aliphatic carbocycles. The summed E-state index contributed by atoms with van der Waals surface area (Å²) in [6.07, 6.45) is 1.31. The van der Waals surface area contributed by atoms with Crippen molar-refractivity contribution in [1.82, 2.24) is 14.5 Å². The summed E-state index contributed by atoms with van der Waals surface area (Å²) in [5.41, 5.74) is 6.26. The summed E-state index contributed by atoms with van der Waals surface area (Å²) in [7, 11) is 1.99. The Kier molecular flexibility index (Phi) is 5.36. The van der Waals surface area contributed by atoms with E-state index in [0.717, 1.165) is 23.1 Å². The van der Waals surface area contributed by atoms with Crippen LogP contribution < -0.4 is 0 Å². The number of aromatic nitrogens is 2. The molecule has 2 aromatic carbocycles. The van der Waals surface area contributed by atoms with Crippen LogP contribution in [0.4, 0.5) is 0 Å². The van der Waals surface area contributed by atoms with E-state index in [1.807, 2.05) is 35.9 Å². The molecule has 0 aliphatic heterocycles. The zero-order valence-electron chi connectivity index (χ0n) is 15.5. The molecule has 0 amide bonds. The molecule has 1 atom stereocenters. The smallest absolute Gasteiger partial charge is 0.0991 e. The minimum atomic E-state index is -0.489. The first-order chi connectivity index (χ1) is 12.5. The summed E-state index contributed by atoms with van der Waals surface area (Å²) in [6.45, 7) is 5.97. The molecule has 26 heavy (non-hydrogen) atoms.